The van der Waals surface area contributed by atoms with Gasteiger partial charge >= 0.3 is 5.97 Å². The fourth-order valence-electron chi connectivity index (χ4n) is 4.74. The summed E-state index contributed by atoms with van der Waals surface area (Å²) in [6.45, 7) is 8.92. The van der Waals surface area contributed by atoms with Crippen LogP contribution in [0.3, 0.4) is 0 Å². The second-order valence-electron chi connectivity index (χ2n) is 9.60. The van der Waals surface area contributed by atoms with Gasteiger partial charge in [-0.2, -0.15) is 4.31 Å². The quantitative estimate of drug-likeness (QED) is 0.580. The molecule has 0 aliphatic carbocycles. The zero-order chi connectivity index (χ0) is 25.3. The number of piperidine rings is 1. The largest absolute Gasteiger partial charge is 0.465 e. The average Bonchev–Trinajstić information content (AvgIpc) is 3.20. The normalized spacial score (nSPS) is 19.4. The number of amides is 1. The van der Waals surface area contributed by atoms with Crippen molar-refractivity contribution >= 4 is 38.2 Å². The summed E-state index contributed by atoms with van der Waals surface area (Å²) in [6.07, 6.45) is 2.59. The Labute approximate surface area is 211 Å². The van der Waals surface area contributed by atoms with E-state index in [0.717, 1.165) is 36.4 Å². The molecule has 1 aromatic carbocycles. The van der Waals surface area contributed by atoms with E-state index < -0.39 is 21.9 Å². The summed E-state index contributed by atoms with van der Waals surface area (Å²) in [6, 6.07) is 6.37. The minimum atomic E-state index is -3.59. The van der Waals surface area contributed by atoms with Crippen molar-refractivity contribution < 1.29 is 22.7 Å². The molecule has 10 heteroatoms. The van der Waals surface area contributed by atoms with Crippen molar-refractivity contribution in [1.29, 1.82) is 0 Å². The molecule has 3 heterocycles. The second-order valence-corrected chi connectivity index (χ2v) is 12.6. The Morgan fingerprint density at radius 3 is 2.51 bits per heavy atom. The second kappa shape index (κ2) is 10.4. The number of benzene rings is 1. The van der Waals surface area contributed by atoms with E-state index in [-0.39, 0.29) is 4.90 Å². The maximum absolute atomic E-state index is 13.0. The van der Waals surface area contributed by atoms with Gasteiger partial charge < -0.3 is 10.1 Å². The van der Waals surface area contributed by atoms with Gasteiger partial charge in [-0.15, -0.1) is 11.3 Å². The number of rotatable bonds is 6. The number of hydrogen-bond acceptors (Lipinski definition) is 7. The molecule has 2 aliphatic rings. The van der Waals surface area contributed by atoms with Gasteiger partial charge in [-0.05, 0) is 68.9 Å². The highest BCUT2D eigenvalue weighted by molar-refractivity contribution is 7.89. The number of thiophene rings is 1. The van der Waals surface area contributed by atoms with Gasteiger partial charge in [0.1, 0.15) is 5.00 Å². The summed E-state index contributed by atoms with van der Waals surface area (Å²) in [5.41, 5.74) is 1.68. The molecule has 0 radical (unpaired) electrons. The molecule has 35 heavy (non-hydrogen) atoms. The number of hydrogen-bond donors (Lipinski definition) is 1. The zero-order valence-corrected chi connectivity index (χ0v) is 22.3. The molecule has 0 bridgehead atoms. The number of carbonyl (C=O) groups excluding carboxylic acids is 2. The van der Waals surface area contributed by atoms with Crippen LogP contribution >= 0.6 is 11.3 Å². The van der Waals surface area contributed by atoms with Crippen molar-refractivity contribution in [2.75, 3.05) is 32.1 Å². The third kappa shape index (κ3) is 5.30. The number of nitrogens with zero attached hydrogens (tertiary/aromatic N) is 2. The van der Waals surface area contributed by atoms with E-state index in [4.69, 9.17) is 4.74 Å². The Balaban J connectivity index is 1.55. The summed E-state index contributed by atoms with van der Waals surface area (Å²) in [5, 5.41) is 3.34. The highest BCUT2D eigenvalue weighted by Gasteiger charge is 2.31. The Morgan fingerprint density at radius 1 is 1.17 bits per heavy atom. The lowest BCUT2D eigenvalue weighted by Crippen LogP contribution is -2.39. The van der Waals surface area contributed by atoms with Crippen LogP contribution in [0.4, 0.5) is 5.00 Å². The van der Waals surface area contributed by atoms with Crippen molar-refractivity contribution in [2.24, 2.45) is 5.92 Å². The lowest BCUT2D eigenvalue weighted by Gasteiger charge is -2.30. The lowest BCUT2D eigenvalue weighted by molar-refractivity contribution is 0.0600. The molecule has 2 aliphatic heterocycles. The van der Waals surface area contributed by atoms with Crippen LogP contribution in [0, 0.1) is 5.92 Å². The summed E-state index contributed by atoms with van der Waals surface area (Å²) < 4.78 is 32.6. The summed E-state index contributed by atoms with van der Waals surface area (Å²) in [7, 11) is -2.26. The summed E-state index contributed by atoms with van der Waals surface area (Å²) in [5.74, 6) is -0.533. The molecule has 0 spiro atoms. The third-order valence-electron chi connectivity index (χ3n) is 6.81. The van der Waals surface area contributed by atoms with Crippen molar-refractivity contribution in [3.8, 4) is 0 Å². The molecule has 2 aromatic rings. The van der Waals surface area contributed by atoms with Crippen LogP contribution < -0.4 is 5.32 Å². The zero-order valence-electron chi connectivity index (χ0n) is 20.7. The van der Waals surface area contributed by atoms with Crippen molar-refractivity contribution in [2.45, 2.75) is 57.5 Å². The first kappa shape index (κ1) is 25.8. The monoisotopic (exact) mass is 519 g/mol. The lowest BCUT2D eigenvalue weighted by atomic mass is 10.0. The number of ether oxygens (including phenoxy) is 1. The van der Waals surface area contributed by atoms with E-state index in [1.165, 1.54) is 47.0 Å². The Hall–Kier alpha value is -2.27. The number of sulfonamides is 1. The van der Waals surface area contributed by atoms with Crippen molar-refractivity contribution in [1.82, 2.24) is 9.21 Å². The minimum absolute atomic E-state index is 0.179. The number of nitrogens with one attached hydrogen (secondary N) is 1. The molecule has 1 atom stereocenters. The number of esters is 1. The topological polar surface area (TPSA) is 96.0 Å². The molecule has 1 saturated heterocycles. The van der Waals surface area contributed by atoms with E-state index in [2.05, 4.69) is 31.0 Å². The molecule has 8 nitrogen and oxygen atoms in total. The maximum atomic E-state index is 13.0. The van der Waals surface area contributed by atoms with Crippen LogP contribution in [-0.4, -0.2) is 62.3 Å². The molecule has 190 valence electrons. The van der Waals surface area contributed by atoms with E-state index in [1.54, 1.807) is 0 Å². The van der Waals surface area contributed by atoms with Crippen LogP contribution in [0.5, 0.6) is 0 Å². The van der Waals surface area contributed by atoms with E-state index >= 15 is 0 Å². The van der Waals surface area contributed by atoms with Gasteiger partial charge in [0, 0.05) is 42.7 Å². The molecular formula is C25H33N3O5S2. The highest BCUT2D eigenvalue weighted by Crippen LogP contribution is 2.38. The molecular weight excluding hydrogens is 486 g/mol. The first-order valence-corrected chi connectivity index (χ1v) is 14.3. The van der Waals surface area contributed by atoms with Crippen LogP contribution in [0.25, 0.3) is 0 Å². The van der Waals surface area contributed by atoms with Gasteiger partial charge in [0.05, 0.1) is 17.6 Å². The number of carbonyl (C=O) groups is 2. The number of methoxy groups -OCH3 is 1. The SMILES string of the molecule is COC(=O)c1c(NC(=O)c2ccc(S(=O)(=O)N3CCCC(C)C3)cc2)sc2c1CCN(C(C)C)C2. The Morgan fingerprint density at radius 2 is 1.89 bits per heavy atom. The van der Waals surface area contributed by atoms with Gasteiger partial charge in [-0.25, -0.2) is 13.2 Å². The van der Waals surface area contributed by atoms with Gasteiger partial charge in [-0.3, -0.25) is 9.69 Å². The van der Waals surface area contributed by atoms with Crippen LogP contribution in [0.15, 0.2) is 29.2 Å². The smallest absolute Gasteiger partial charge is 0.341 e. The fourth-order valence-corrected chi connectivity index (χ4v) is 7.59. The highest BCUT2D eigenvalue weighted by atomic mass is 32.2. The molecule has 0 saturated carbocycles. The molecule has 1 amide bonds. The number of fused-ring (bicyclic) bond motifs is 1. The van der Waals surface area contributed by atoms with E-state index in [1.807, 2.05) is 0 Å². The van der Waals surface area contributed by atoms with Crippen molar-refractivity contribution in [3.63, 3.8) is 0 Å². The molecule has 4 rings (SSSR count). The first-order valence-electron chi connectivity index (χ1n) is 12.0. The summed E-state index contributed by atoms with van der Waals surface area (Å²) >= 11 is 1.40. The molecule has 1 fully saturated rings. The fraction of sp³-hybridized carbons (Fsp3) is 0.520. The van der Waals surface area contributed by atoms with Gasteiger partial charge in [-0.1, -0.05) is 6.92 Å². The molecule has 1 N–H and O–H groups in total. The van der Waals surface area contributed by atoms with Crippen LogP contribution in [0.1, 0.15) is 64.8 Å². The standard InChI is InChI=1S/C25H33N3O5S2/c1-16(2)27-13-11-20-21(15-27)34-24(22(20)25(30)33-4)26-23(29)18-7-9-19(10-8-18)35(31,32)28-12-5-6-17(3)14-28/h7-10,16-17H,5-6,11-15H2,1-4H3,(H,26,29). The molecule has 1 unspecified atom stereocenters. The summed E-state index contributed by atoms with van der Waals surface area (Å²) in [4.78, 5) is 29.2. The Kier molecular flexibility index (Phi) is 7.65. The van der Waals surface area contributed by atoms with E-state index in [0.29, 0.717) is 47.6 Å². The number of anilines is 1. The van der Waals surface area contributed by atoms with Crippen molar-refractivity contribution in [3.05, 3.63) is 45.8 Å². The minimum Gasteiger partial charge on any atom is -0.465 e. The van der Waals surface area contributed by atoms with Gasteiger partial charge in [0.2, 0.25) is 10.0 Å². The van der Waals surface area contributed by atoms with Crippen LogP contribution in [-0.2, 0) is 27.7 Å². The van der Waals surface area contributed by atoms with Gasteiger partial charge in [0.15, 0.2) is 0 Å². The predicted octanol–water partition coefficient (Wildman–Crippen LogP) is 3.97. The molecule has 1 aromatic heterocycles. The van der Waals surface area contributed by atoms with E-state index in [9.17, 15) is 18.0 Å². The average molecular weight is 520 g/mol. The van der Waals surface area contributed by atoms with Crippen LogP contribution in [0.2, 0.25) is 0 Å². The Bertz CT molecular complexity index is 1200. The maximum Gasteiger partial charge on any atom is 0.341 e. The third-order valence-corrected chi connectivity index (χ3v) is 9.82. The first-order chi connectivity index (χ1) is 16.6. The van der Waals surface area contributed by atoms with Gasteiger partial charge in [0.25, 0.3) is 5.91 Å². The predicted molar refractivity (Wildman–Crippen MR) is 136 cm³/mol.